The van der Waals surface area contributed by atoms with Crippen LogP contribution in [0.1, 0.15) is 29.8 Å². The fourth-order valence-electron chi connectivity index (χ4n) is 2.12. The molecule has 1 amide bonds. The molecule has 0 saturated heterocycles. The van der Waals surface area contributed by atoms with E-state index in [-0.39, 0.29) is 18.9 Å². The monoisotopic (exact) mass is 385 g/mol. The number of nitro groups is 1. The van der Waals surface area contributed by atoms with Crippen LogP contribution in [0.3, 0.4) is 0 Å². The van der Waals surface area contributed by atoms with Crippen LogP contribution < -0.4 is 10.2 Å². The molecule has 1 N–H and O–H groups in total. The first kappa shape index (κ1) is 20.6. The molecule has 2 aromatic carbocycles. The Kier molecular flexibility index (Phi) is 7.21. The standard InChI is InChI=1S/C19H19N3O6/c1-3-27-19(24)15-6-10-17(11-7-15)28-12-18(23)21-20-13(2)14-4-8-16(9-5-14)22(25)26/h4-11H,3,12H2,1-2H3,(H,21,23). The maximum atomic E-state index is 11.8. The summed E-state index contributed by atoms with van der Waals surface area (Å²) in [6.07, 6.45) is 0. The van der Waals surface area contributed by atoms with Crippen molar-refractivity contribution in [1.82, 2.24) is 5.43 Å². The minimum absolute atomic E-state index is 0.0250. The fraction of sp³-hybridized carbons (Fsp3) is 0.211. The van der Waals surface area contributed by atoms with Gasteiger partial charge in [0.1, 0.15) is 5.75 Å². The molecule has 0 radical (unpaired) electrons. The second-order valence-electron chi connectivity index (χ2n) is 5.57. The molecule has 2 aromatic rings. The zero-order valence-corrected chi connectivity index (χ0v) is 15.4. The summed E-state index contributed by atoms with van der Waals surface area (Å²) in [5.74, 6) is -0.488. The molecule has 146 valence electrons. The third-order valence-electron chi connectivity index (χ3n) is 3.58. The summed E-state index contributed by atoms with van der Waals surface area (Å²) in [5.41, 5.74) is 3.84. The van der Waals surface area contributed by atoms with Gasteiger partial charge in [-0.2, -0.15) is 5.10 Å². The van der Waals surface area contributed by atoms with Crippen molar-refractivity contribution in [2.75, 3.05) is 13.2 Å². The molecule has 2 rings (SSSR count). The number of amides is 1. The van der Waals surface area contributed by atoms with E-state index in [9.17, 15) is 19.7 Å². The molecule has 0 bridgehead atoms. The Morgan fingerprint density at radius 2 is 1.68 bits per heavy atom. The lowest BCUT2D eigenvalue weighted by atomic mass is 10.1. The largest absolute Gasteiger partial charge is 0.484 e. The number of hydrazone groups is 1. The summed E-state index contributed by atoms with van der Waals surface area (Å²) in [5, 5.41) is 14.6. The van der Waals surface area contributed by atoms with E-state index in [0.717, 1.165) is 0 Å². The number of nitrogens with zero attached hydrogens (tertiary/aromatic N) is 2. The molecule has 0 atom stereocenters. The maximum Gasteiger partial charge on any atom is 0.338 e. The number of carbonyl (C=O) groups is 2. The predicted octanol–water partition coefficient (Wildman–Crippen LogP) is 2.69. The van der Waals surface area contributed by atoms with Gasteiger partial charge < -0.3 is 9.47 Å². The van der Waals surface area contributed by atoms with E-state index in [1.165, 1.54) is 12.1 Å². The van der Waals surface area contributed by atoms with Crippen molar-refractivity contribution in [2.24, 2.45) is 5.10 Å². The number of rotatable bonds is 8. The first-order valence-corrected chi connectivity index (χ1v) is 8.38. The number of benzene rings is 2. The molecule has 0 aliphatic carbocycles. The van der Waals surface area contributed by atoms with Crippen LogP contribution in [0.5, 0.6) is 5.75 Å². The summed E-state index contributed by atoms with van der Waals surface area (Å²) in [6.45, 7) is 3.41. The predicted molar refractivity (Wildman–Crippen MR) is 101 cm³/mol. The smallest absolute Gasteiger partial charge is 0.338 e. The number of hydrogen-bond donors (Lipinski definition) is 1. The van der Waals surface area contributed by atoms with Crippen molar-refractivity contribution >= 4 is 23.3 Å². The zero-order valence-electron chi connectivity index (χ0n) is 15.4. The molecule has 0 aliphatic heterocycles. The van der Waals surface area contributed by atoms with Gasteiger partial charge in [0.2, 0.25) is 0 Å². The van der Waals surface area contributed by atoms with Crippen LogP contribution in [0.15, 0.2) is 53.6 Å². The maximum absolute atomic E-state index is 11.8. The van der Waals surface area contributed by atoms with E-state index in [4.69, 9.17) is 9.47 Å². The van der Waals surface area contributed by atoms with Crippen LogP contribution in [0, 0.1) is 10.1 Å². The fourth-order valence-corrected chi connectivity index (χ4v) is 2.12. The van der Waals surface area contributed by atoms with Gasteiger partial charge in [-0.25, -0.2) is 10.2 Å². The van der Waals surface area contributed by atoms with Crippen LogP contribution in [0.2, 0.25) is 0 Å². The highest BCUT2D eigenvalue weighted by molar-refractivity contribution is 5.99. The lowest BCUT2D eigenvalue weighted by Crippen LogP contribution is -2.25. The summed E-state index contributed by atoms with van der Waals surface area (Å²) in [7, 11) is 0. The summed E-state index contributed by atoms with van der Waals surface area (Å²) in [4.78, 5) is 33.6. The average Bonchev–Trinajstić information content (AvgIpc) is 2.71. The van der Waals surface area contributed by atoms with Gasteiger partial charge in [0.05, 0.1) is 22.8 Å². The molecule has 9 heteroatoms. The van der Waals surface area contributed by atoms with Crippen molar-refractivity contribution in [1.29, 1.82) is 0 Å². The van der Waals surface area contributed by atoms with Gasteiger partial charge in [0, 0.05) is 12.1 Å². The molecule has 0 heterocycles. The highest BCUT2D eigenvalue weighted by Gasteiger charge is 2.08. The number of nitro benzene ring substituents is 1. The van der Waals surface area contributed by atoms with Crippen molar-refractivity contribution < 1.29 is 24.0 Å². The van der Waals surface area contributed by atoms with E-state index >= 15 is 0 Å². The normalized spacial score (nSPS) is 10.9. The van der Waals surface area contributed by atoms with Gasteiger partial charge in [0.25, 0.3) is 11.6 Å². The van der Waals surface area contributed by atoms with Gasteiger partial charge in [0.15, 0.2) is 6.61 Å². The van der Waals surface area contributed by atoms with Gasteiger partial charge in [-0.3, -0.25) is 14.9 Å². The number of carbonyl (C=O) groups excluding carboxylic acids is 2. The van der Waals surface area contributed by atoms with Crippen LogP contribution in [-0.2, 0) is 9.53 Å². The Labute approximate surface area is 161 Å². The van der Waals surface area contributed by atoms with Gasteiger partial charge >= 0.3 is 5.97 Å². The molecule has 0 fully saturated rings. The molecule has 28 heavy (non-hydrogen) atoms. The van der Waals surface area contributed by atoms with Gasteiger partial charge in [-0.15, -0.1) is 0 Å². The lowest BCUT2D eigenvalue weighted by Gasteiger charge is -2.07. The lowest BCUT2D eigenvalue weighted by molar-refractivity contribution is -0.384. The van der Waals surface area contributed by atoms with Crippen LogP contribution >= 0.6 is 0 Å². The second-order valence-corrected chi connectivity index (χ2v) is 5.57. The van der Waals surface area contributed by atoms with Crippen molar-refractivity contribution in [3.63, 3.8) is 0 Å². The third kappa shape index (κ3) is 5.90. The van der Waals surface area contributed by atoms with E-state index in [2.05, 4.69) is 10.5 Å². The van der Waals surface area contributed by atoms with Crippen LogP contribution in [-0.4, -0.2) is 35.7 Å². The Balaban J connectivity index is 1.85. The number of nitrogens with one attached hydrogen (secondary N) is 1. The Bertz CT molecular complexity index is 876. The van der Waals surface area contributed by atoms with Crippen molar-refractivity contribution in [3.05, 3.63) is 69.8 Å². The molecule has 0 unspecified atom stereocenters. The van der Waals surface area contributed by atoms with E-state index in [1.54, 1.807) is 50.2 Å². The van der Waals surface area contributed by atoms with E-state index < -0.39 is 16.8 Å². The zero-order chi connectivity index (χ0) is 20.5. The van der Waals surface area contributed by atoms with Crippen LogP contribution in [0.4, 0.5) is 5.69 Å². The minimum Gasteiger partial charge on any atom is -0.484 e. The summed E-state index contributed by atoms with van der Waals surface area (Å²) in [6, 6.07) is 12.0. The molecular formula is C19H19N3O6. The molecule has 9 nitrogen and oxygen atoms in total. The highest BCUT2D eigenvalue weighted by Crippen LogP contribution is 2.13. The molecule has 0 aromatic heterocycles. The average molecular weight is 385 g/mol. The SMILES string of the molecule is CCOC(=O)c1ccc(OCC(=O)NN=C(C)c2ccc([N+](=O)[O-])cc2)cc1. The summed E-state index contributed by atoms with van der Waals surface area (Å²) >= 11 is 0. The third-order valence-corrected chi connectivity index (χ3v) is 3.58. The Morgan fingerprint density at radius 1 is 1.07 bits per heavy atom. The van der Waals surface area contributed by atoms with E-state index in [0.29, 0.717) is 22.6 Å². The second kappa shape index (κ2) is 9.81. The quantitative estimate of drug-likeness (QED) is 0.323. The first-order chi connectivity index (χ1) is 13.4. The number of esters is 1. The first-order valence-electron chi connectivity index (χ1n) is 8.38. The Hall–Kier alpha value is -3.75. The molecular weight excluding hydrogens is 366 g/mol. The van der Waals surface area contributed by atoms with Crippen molar-refractivity contribution in [3.8, 4) is 5.75 Å². The van der Waals surface area contributed by atoms with Gasteiger partial charge in [-0.05, 0) is 55.8 Å². The number of ether oxygens (including phenoxy) is 2. The highest BCUT2D eigenvalue weighted by atomic mass is 16.6. The number of hydrogen-bond acceptors (Lipinski definition) is 7. The summed E-state index contributed by atoms with van der Waals surface area (Å²) < 4.78 is 10.2. The van der Waals surface area contributed by atoms with E-state index in [1.807, 2.05) is 0 Å². The molecule has 0 aliphatic rings. The molecule has 0 saturated carbocycles. The minimum atomic E-state index is -0.491. The van der Waals surface area contributed by atoms with Crippen LogP contribution in [0.25, 0.3) is 0 Å². The van der Waals surface area contributed by atoms with Gasteiger partial charge in [-0.1, -0.05) is 0 Å². The van der Waals surface area contributed by atoms with Crippen molar-refractivity contribution in [2.45, 2.75) is 13.8 Å². The topological polar surface area (TPSA) is 120 Å². The Morgan fingerprint density at radius 3 is 2.25 bits per heavy atom. The molecule has 0 spiro atoms. The number of non-ortho nitro benzene ring substituents is 1.